The molecule has 3 nitrogen and oxygen atoms in total. The fraction of sp³-hybridized carbons (Fsp3) is 0.211. The van der Waals surface area contributed by atoms with Crippen LogP contribution in [0.2, 0.25) is 0 Å². The van der Waals surface area contributed by atoms with Crippen LogP contribution >= 0.6 is 0 Å². The molecule has 0 bridgehead atoms. The van der Waals surface area contributed by atoms with Crippen LogP contribution in [0.15, 0.2) is 59.4 Å². The van der Waals surface area contributed by atoms with E-state index >= 15 is 0 Å². The number of pyridine rings is 1. The van der Waals surface area contributed by atoms with Gasteiger partial charge in [-0.05, 0) is 42.5 Å². The van der Waals surface area contributed by atoms with Crippen molar-refractivity contribution < 1.29 is 4.74 Å². The van der Waals surface area contributed by atoms with Crippen molar-refractivity contribution in [3.63, 3.8) is 0 Å². The maximum absolute atomic E-state index is 12.2. The van der Waals surface area contributed by atoms with Gasteiger partial charge in [-0.2, -0.15) is 0 Å². The van der Waals surface area contributed by atoms with Crippen LogP contribution in [0.25, 0.3) is 22.0 Å². The smallest absolute Gasteiger partial charge is 0.256 e. The second-order valence-corrected chi connectivity index (χ2v) is 5.89. The molecule has 0 atom stereocenters. The molecule has 0 radical (unpaired) electrons. The standard InChI is InChI=1S/C19H19NO2/c1-19(2,22-3)15-10-8-13(9-11-15)17-12-14-6-4-5-7-16(14)18(21)20-17/h4-12H,1-3H3,(H,20,21). The molecule has 3 rings (SSSR count). The highest BCUT2D eigenvalue weighted by Gasteiger charge is 2.19. The SMILES string of the molecule is COC(C)(C)c1ccc(-c2cc3ccccc3c(=O)[nH]2)cc1. The number of benzene rings is 2. The van der Waals surface area contributed by atoms with Gasteiger partial charge >= 0.3 is 0 Å². The second kappa shape index (κ2) is 5.43. The molecule has 0 saturated carbocycles. The summed E-state index contributed by atoms with van der Waals surface area (Å²) >= 11 is 0. The van der Waals surface area contributed by atoms with Gasteiger partial charge in [0.15, 0.2) is 0 Å². The van der Waals surface area contributed by atoms with Crippen molar-refractivity contribution in [3.8, 4) is 11.3 Å². The summed E-state index contributed by atoms with van der Waals surface area (Å²) in [5, 5.41) is 1.66. The largest absolute Gasteiger partial charge is 0.374 e. The van der Waals surface area contributed by atoms with Gasteiger partial charge in [0.25, 0.3) is 5.56 Å². The molecule has 2 aromatic carbocycles. The summed E-state index contributed by atoms with van der Waals surface area (Å²) in [7, 11) is 1.70. The summed E-state index contributed by atoms with van der Waals surface area (Å²) in [5.74, 6) is 0. The number of hydrogen-bond acceptors (Lipinski definition) is 2. The maximum atomic E-state index is 12.2. The number of fused-ring (bicyclic) bond motifs is 1. The average molecular weight is 293 g/mol. The monoisotopic (exact) mass is 293 g/mol. The van der Waals surface area contributed by atoms with E-state index in [9.17, 15) is 4.79 Å². The number of aromatic amines is 1. The highest BCUT2D eigenvalue weighted by Crippen LogP contribution is 2.26. The van der Waals surface area contributed by atoms with Gasteiger partial charge in [-0.1, -0.05) is 42.5 Å². The van der Waals surface area contributed by atoms with Crippen molar-refractivity contribution in [2.24, 2.45) is 0 Å². The van der Waals surface area contributed by atoms with Crippen molar-refractivity contribution in [2.45, 2.75) is 19.4 Å². The summed E-state index contributed by atoms with van der Waals surface area (Å²) in [6, 6.07) is 17.7. The lowest BCUT2D eigenvalue weighted by Gasteiger charge is -2.23. The Bertz CT molecular complexity index is 860. The fourth-order valence-corrected chi connectivity index (χ4v) is 2.54. The predicted molar refractivity (Wildman–Crippen MR) is 90.0 cm³/mol. The van der Waals surface area contributed by atoms with Gasteiger partial charge in [0.05, 0.1) is 5.60 Å². The first kappa shape index (κ1) is 14.5. The molecule has 3 aromatic rings. The van der Waals surface area contributed by atoms with Crippen LogP contribution < -0.4 is 5.56 Å². The van der Waals surface area contributed by atoms with Gasteiger partial charge in [0.1, 0.15) is 0 Å². The number of aromatic nitrogens is 1. The van der Waals surface area contributed by atoms with Gasteiger partial charge in [-0.15, -0.1) is 0 Å². The highest BCUT2D eigenvalue weighted by atomic mass is 16.5. The number of hydrogen-bond donors (Lipinski definition) is 1. The number of H-pyrrole nitrogens is 1. The Morgan fingerprint density at radius 1 is 1.00 bits per heavy atom. The quantitative estimate of drug-likeness (QED) is 0.790. The topological polar surface area (TPSA) is 42.1 Å². The first-order chi connectivity index (χ1) is 10.5. The minimum atomic E-state index is -0.324. The molecule has 1 N–H and O–H groups in total. The molecule has 112 valence electrons. The minimum absolute atomic E-state index is 0.0607. The van der Waals surface area contributed by atoms with Crippen LogP contribution in [0.1, 0.15) is 19.4 Å². The van der Waals surface area contributed by atoms with E-state index in [1.807, 2.05) is 68.4 Å². The lowest BCUT2D eigenvalue weighted by Crippen LogP contribution is -2.19. The molecule has 22 heavy (non-hydrogen) atoms. The molecule has 0 spiro atoms. The molecule has 1 heterocycles. The highest BCUT2D eigenvalue weighted by molar-refractivity contribution is 5.84. The van der Waals surface area contributed by atoms with E-state index < -0.39 is 0 Å². The van der Waals surface area contributed by atoms with Gasteiger partial charge in [-0.25, -0.2) is 0 Å². The Labute approximate surface area is 129 Å². The molecule has 0 amide bonds. The van der Waals surface area contributed by atoms with Crippen LogP contribution in [0.4, 0.5) is 0 Å². The molecule has 0 saturated heterocycles. The van der Waals surface area contributed by atoms with E-state index in [-0.39, 0.29) is 11.2 Å². The maximum Gasteiger partial charge on any atom is 0.256 e. The van der Waals surface area contributed by atoms with Crippen molar-refractivity contribution >= 4 is 10.8 Å². The van der Waals surface area contributed by atoms with E-state index in [1.54, 1.807) is 7.11 Å². The lowest BCUT2D eigenvalue weighted by atomic mass is 9.96. The minimum Gasteiger partial charge on any atom is -0.374 e. The van der Waals surface area contributed by atoms with Gasteiger partial charge < -0.3 is 9.72 Å². The van der Waals surface area contributed by atoms with E-state index in [1.165, 1.54) is 0 Å². The summed E-state index contributed by atoms with van der Waals surface area (Å²) in [6.07, 6.45) is 0. The Hall–Kier alpha value is -2.39. The van der Waals surface area contributed by atoms with Crippen LogP contribution in [0.5, 0.6) is 0 Å². The zero-order valence-corrected chi connectivity index (χ0v) is 13.0. The lowest BCUT2D eigenvalue weighted by molar-refractivity contribution is 0.0192. The molecule has 0 aliphatic heterocycles. The number of methoxy groups -OCH3 is 1. The summed E-state index contributed by atoms with van der Waals surface area (Å²) in [6.45, 7) is 4.06. The molecule has 0 aliphatic rings. The van der Waals surface area contributed by atoms with Crippen molar-refractivity contribution in [1.29, 1.82) is 0 Å². The van der Waals surface area contributed by atoms with Crippen LogP contribution in [0.3, 0.4) is 0 Å². The molecular weight excluding hydrogens is 274 g/mol. The van der Waals surface area contributed by atoms with Crippen LogP contribution in [0, 0.1) is 0 Å². The first-order valence-corrected chi connectivity index (χ1v) is 7.29. The average Bonchev–Trinajstić information content (AvgIpc) is 2.55. The fourth-order valence-electron chi connectivity index (χ4n) is 2.54. The first-order valence-electron chi connectivity index (χ1n) is 7.29. The van der Waals surface area contributed by atoms with Crippen LogP contribution in [-0.2, 0) is 10.3 Å². The van der Waals surface area contributed by atoms with E-state index in [0.717, 1.165) is 22.2 Å². The molecule has 0 aliphatic carbocycles. The molecular formula is C19H19NO2. The third-order valence-corrected chi connectivity index (χ3v) is 4.15. The Balaban J connectivity index is 2.07. The predicted octanol–water partition coefficient (Wildman–Crippen LogP) is 4.08. The molecule has 0 fully saturated rings. The number of rotatable bonds is 3. The second-order valence-electron chi connectivity index (χ2n) is 5.89. The third-order valence-electron chi connectivity index (χ3n) is 4.15. The van der Waals surface area contributed by atoms with Crippen molar-refractivity contribution in [1.82, 2.24) is 4.98 Å². The molecule has 0 unspecified atom stereocenters. The van der Waals surface area contributed by atoms with Gasteiger partial charge in [-0.3, -0.25) is 4.79 Å². The third kappa shape index (κ3) is 2.55. The number of nitrogens with one attached hydrogen (secondary N) is 1. The van der Waals surface area contributed by atoms with E-state index in [4.69, 9.17) is 4.74 Å². The summed E-state index contributed by atoms with van der Waals surface area (Å²) < 4.78 is 5.49. The zero-order chi connectivity index (χ0) is 15.7. The molecule has 3 heteroatoms. The normalized spacial score (nSPS) is 11.8. The van der Waals surface area contributed by atoms with Crippen molar-refractivity contribution in [2.75, 3.05) is 7.11 Å². The van der Waals surface area contributed by atoms with Gasteiger partial charge in [0.2, 0.25) is 0 Å². The van der Waals surface area contributed by atoms with E-state index in [0.29, 0.717) is 5.39 Å². The van der Waals surface area contributed by atoms with Crippen LogP contribution in [-0.4, -0.2) is 12.1 Å². The number of ether oxygens (including phenoxy) is 1. The zero-order valence-electron chi connectivity index (χ0n) is 13.0. The van der Waals surface area contributed by atoms with E-state index in [2.05, 4.69) is 4.98 Å². The van der Waals surface area contributed by atoms with Gasteiger partial charge in [0, 0.05) is 18.2 Å². The summed E-state index contributed by atoms with van der Waals surface area (Å²) in [4.78, 5) is 15.1. The summed E-state index contributed by atoms with van der Waals surface area (Å²) in [5.41, 5.74) is 2.52. The Morgan fingerprint density at radius 3 is 2.36 bits per heavy atom. The Kier molecular flexibility index (Phi) is 3.59. The Morgan fingerprint density at radius 2 is 1.68 bits per heavy atom. The van der Waals surface area contributed by atoms with Crippen molar-refractivity contribution in [3.05, 3.63) is 70.5 Å². The molecule has 1 aromatic heterocycles.